The van der Waals surface area contributed by atoms with Crippen molar-refractivity contribution in [1.82, 2.24) is 15.3 Å². The molecule has 6 nitrogen and oxygen atoms in total. The molecule has 1 heterocycles. The predicted molar refractivity (Wildman–Crippen MR) is 109 cm³/mol. The van der Waals surface area contributed by atoms with E-state index in [1.807, 2.05) is 43.3 Å². The van der Waals surface area contributed by atoms with Gasteiger partial charge in [0.2, 0.25) is 5.91 Å². The monoisotopic (exact) mass is 379 g/mol. The molecule has 1 aromatic heterocycles. The number of nitrogens with zero attached hydrogens (tertiary/aromatic N) is 1. The third-order valence-electron chi connectivity index (χ3n) is 4.53. The number of aryl methyl sites for hydroxylation is 1. The third-order valence-corrected chi connectivity index (χ3v) is 4.53. The molecule has 0 bridgehead atoms. The number of ether oxygens (including phenoxy) is 1. The van der Waals surface area contributed by atoms with E-state index in [1.54, 1.807) is 18.2 Å². The summed E-state index contributed by atoms with van der Waals surface area (Å²) in [5.74, 6) is 0.464. The lowest BCUT2D eigenvalue weighted by Crippen LogP contribution is -2.26. The molecule has 3 rings (SSSR count). The number of fused-ring (bicyclic) bond motifs is 1. The van der Waals surface area contributed by atoms with Crippen LogP contribution in [0.25, 0.3) is 10.9 Å². The van der Waals surface area contributed by atoms with Gasteiger partial charge in [-0.3, -0.25) is 9.59 Å². The molecule has 0 fully saturated rings. The topological polar surface area (TPSA) is 84.1 Å². The summed E-state index contributed by atoms with van der Waals surface area (Å²) in [7, 11) is 0. The molecule has 1 atom stereocenters. The predicted octanol–water partition coefficient (Wildman–Crippen LogP) is 3.14. The number of hydrogen-bond donors (Lipinski definition) is 2. The molecule has 0 saturated carbocycles. The number of amides is 1. The molecule has 146 valence electrons. The third kappa shape index (κ3) is 5.50. The van der Waals surface area contributed by atoms with Crippen molar-refractivity contribution in [3.8, 4) is 0 Å². The Kier molecular flexibility index (Phi) is 6.92. The van der Waals surface area contributed by atoms with Crippen molar-refractivity contribution in [1.29, 1.82) is 0 Å². The highest BCUT2D eigenvalue weighted by molar-refractivity contribution is 5.78. The van der Waals surface area contributed by atoms with Crippen LogP contribution in [-0.4, -0.2) is 29.0 Å². The first-order chi connectivity index (χ1) is 13.6. The fourth-order valence-electron chi connectivity index (χ4n) is 2.95. The first-order valence-corrected chi connectivity index (χ1v) is 9.54. The number of carbonyl (C=O) groups is 1. The lowest BCUT2D eigenvalue weighted by Gasteiger charge is -2.13. The van der Waals surface area contributed by atoms with Gasteiger partial charge in [-0.1, -0.05) is 42.5 Å². The summed E-state index contributed by atoms with van der Waals surface area (Å²) in [6, 6.07) is 17.2. The Labute approximate surface area is 164 Å². The van der Waals surface area contributed by atoms with E-state index in [2.05, 4.69) is 15.3 Å². The minimum absolute atomic E-state index is 0.0349. The van der Waals surface area contributed by atoms with Gasteiger partial charge in [-0.2, -0.15) is 0 Å². The molecule has 0 aliphatic rings. The van der Waals surface area contributed by atoms with Crippen molar-refractivity contribution in [3.63, 3.8) is 0 Å². The molecule has 3 aromatic rings. The van der Waals surface area contributed by atoms with E-state index in [-0.39, 0.29) is 24.0 Å². The van der Waals surface area contributed by atoms with Crippen LogP contribution in [0.15, 0.2) is 59.4 Å². The quantitative estimate of drug-likeness (QED) is 0.560. The number of aromatic amines is 1. The summed E-state index contributed by atoms with van der Waals surface area (Å²) < 4.78 is 5.79. The van der Waals surface area contributed by atoms with Crippen LogP contribution < -0.4 is 10.9 Å². The Morgan fingerprint density at radius 3 is 2.71 bits per heavy atom. The number of rotatable bonds is 9. The van der Waals surface area contributed by atoms with Gasteiger partial charge in [0.1, 0.15) is 5.82 Å². The highest BCUT2D eigenvalue weighted by atomic mass is 16.5. The van der Waals surface area contributed by atoms with Gasteiger partial charge in [0.25, 0.3) is 5.56 Å². The second-order valence-corrected chi connectivity index (χ2v) is 6.66. The zero-order valence-corrected chi connectivity index (χ0v) is 16.0. The molecular formula is C22H25N3O3. The Balaban J connectivity index is 1.36. The van der Waals surface area contributed by atoms with Crippen molar-refractivity contribution < 1.29 is 9.53 Å². The van der Waals surface area contributed by atoms with Gasteiger partial charge in [-0.05, 0) is 31.0 Å². The zero-order chi connectivity index (χ0) is 19.8. The number of para-hydroxylation sites is 1. The first-order valence-electron chi connectivity index (χ1n) is 9.54. The molecule has 0 saturated heterocycles. The zero-order valence-electron chi connectivity index (χ0n) is 16.0. The van der Waals surface area contributed by atoms with Crippen LogP contribution in [0, 0.1) is 0 Å². The van der Waals surface area contributed by atoms with Crippen LogP contribution >= 0.6 is 0 Å². The van der Waals surface area contributed by atoms with Crippen molar-refractivity contribution in [3.05, 3.63) is 76.3 Å². The number of aromatic nitrogens is 2. The minimum atomic E-state index is -0.175. The van der Waals surface area contributed by atoms with Crippen molar-refractivity contribution >= 4 is 16.8 Å². The van der Waals surface area contributed by atoms with Crippen molar-refractivity contribution in [2.75, 3.05) is 13.2 Å². The average molecular weight is 379 g/mol. The molecule has 28 heavy (non-hydrogen) atoms. The normalized spacial score (nSPS) is 12.0. The standard InChI is InChI=1S/C22H25N3O3/c1-16(17-8-3-2-4-9-17)28-15-7-14-23-21(26)13-12-20-24-19-11-6-5-10-18(19)22(27)25-20/h2-6,8-11,16H,7,12-15H2,1H3,(H,23,26)(H,24,25,27). The number of nitrogens with one attached hydrogen (secondary N) is 2. The van der Waals surface area contributed by atoms with E-state index < -0.39 is 0 Å². The highest BCUT2D eigenvalue weighted by Crippen LogP contribution is 2.15. The van der Waals surface area contributed by atoms with Gasteiger partial charge in [-0.25, -0.2) is 4.98 Å². The highest BCUT2D eigenvalue weighted by Gasteiger charge is 2.07. The summed E-state index contributed by atoms with van der Waals surface area (Å²) in [5, 5.41) is 3.44. The molecule has 0 radical (unpaired) electrons. The smallest absolute Gasteiger partial charge is 0.258 e. The van der Waals surface area contributed by atoms with Gasteiger partial charge in [0.05, 0.1) is 17.0 Å². The Bertz CT molecular complexity index is 969. The fraction of sp³-hybridized carbons (Fsp3) is 0.318. The van der Waals surface area contributed by atoms with Gasteiger partial charge in [-0.15, -0.1) is 0 Å². The number of hydrogen-bond acceptors (Lipinski definition) is 4. The summed E-state index contributed by atoms with van der Waals surface area (Å²) >= 11 is 0. The molecule has 2 N–H and O–H groups in total. The van der Waals surface area contributed by atoms with E-state index in [9.17, 15) is 9.59 Å². The summed E-state index contributed by atoms with van der Waals surface area (Å²) in [4.78, 5) is 31.2. The molecule has 0 aliphatic heterocycles. The minimum Gasteiger partial charge on any atom is -0.374 e. The van der Waals surface area contributed by atoms with Crippen LogP contribution in [-0.2, 0) is 16.0 Å². The van der Waals surface area contributed by atoms with E-state index in [0.29, 0.717) is 36.3 Å². The number of carbonyl (C=O) groups excluding carboxylic acids is 1. The molecule has 2 aromatic carbocycles. The van der Waals surface area contributed by atoms with Crippen LogP contribution in [0.4, 0.5) is 0 Å². The Hall–Kier alpha value is -2.99. The molecule has 0 spiro atoms. The average Bonchev–Trinajstić information content (AvgIpc) is 2.72. The molecule has 0 aliphatic carbocycles. The maximum atomic E-state index is 12.0. The Morgan fingerprint density at radius 2 is 1.89 bits per heavy atom. The largest absolute Gasteiger partial charge is 0.374 e. The first kappa shape index (κ1) is 19.8. The lowest BCUT2D eigenvalue weighted by atomic mass is 10.1. The van der Waals surface area contributed by atoms with Gasteiger partial charge >= 0.3 is 0 Å². The summed E-state index contributed by atoms with van der Waals surface area (Å²) in [5.41, 5.74) is 1.61. The van der Waals surface area contributed by atoms with Gasteiger partial charge in [0, 0.05) is 26.0 Å². The lowest BCUT2D eigenvalue weighted by molar-refractivity contribution is -0.121. The van der Waals surface area contributed by atoms with E-state index in [0.717, 1.165) is 12.0 Å². The summed E-state index contributed by atoms with van der Waals surface area (Å²) in [6.45, 7) is 3.16. The van der Waals surface area contributed by atoms with Crippen molar-refractivity contribution in [2.45, 2.75) is 32.3 Å². The van der Waals surface area contributed by atoms with Gasteiger partial charge < -0.3 is 15.0 Å². The van der Waals surface area contributed by atoms with Gasteiger partial charge in [0.15, 0.2) is 0 Å². The fourth-order valence-corrected chi connectivity index (χ4v) is 2.95. The maximum Gasteiger partial charge on any atom is 0.258 e. The van der Waals surface area contributed by atoms with E-state index >= 15 is 0 Å². The number of H-pyrrole nitrogens is 1. The van der Waals surface area contributed by atoms with Crippen molar-refractivity contribution in [2.24, 2.45) is 0 Å². The van der Waals surface area contributed by atoms with E-state index in [1.165, 1.54) is 0 Å². The second kappa shape index (κ2) is 9.80. The van der Waals surface area contributed by atoms with Crippen LogP contribution in [0.1, 0.15) is 37.3 Å². The molecular weight excluding hydrogens is 354 g/mol. The van der Waals surface area contributed by atoms with Crippen LogP contribution in [0.5, 0.6) is 0 Å². The number of benzene rings is 2. The summed E-state index contributed by atoms with van der Waals surface area (Å²) in [6.07, 6.45) is 1.46. The molecule has 1 unspecified atom stereocenters. The SMILES string of the molecule is CC(OCCCNC(=O)CCc1nc2ccccc2c(=O)[nH]1)c1ccccc1. The molecule has 6 heteroatoms. The Morgan fingerprint density at radius 1 is 1.14 bits per heavy atom. The molecule has 1 amide bonds. The second-order valence-electron chi connectivity index (χ2n) is 6.66. The van der Waals surface area contributed by atoms with E-state index in [4.69, 9.17) is 4.74 Å². The van der Waals surface area contributed by atoms with Crippen LogP contribution in [0.2, 0.25) is 0 Å². The van der Waals surface area contributed by atoms with Crippen LogP contribution in [0.3, 0.4) is 0 Å². The maximum absolute atomic E-state index is 12.0.